The summed E-state index contributed by atoms with van der Waals surface area (Å²) in [6, 6.07) is 3.54. The lowest BCUT2D eigenvalue weighted by Gasteiger charge is -2.10. The second-order valence-corrected chi connectivity index (χ2v) is 4.13. The Morgan fingerprint density at radius 2 is 1.80 bits per heavy atom. The lowest BCUT2D eigenvalue weighted by atomic mass is 10.1. The molecule has 1 rings (SSSR count). The standard InChI is InChI=1S/C11H13IO3/c1-4-9(13)7-5-10(14-2)11(15-3)6-8(7)12/h5-6H,4H2,1-3H3. The first-order valence-corrected chi connectivity index (χ1v) is 5.66. The van der Waals surface area contributed by atoms with Crippen LogP contribution in [0.2, 0.25) is 0 Å². The first kappa shape index (κ1) is 12.3. The maximum absolute atomic E-state index is 11.6. The van der Waals surface area contributed by atoms with E-state index in [0.717, 1.165) is 3.57 Å². The summed E-state index contributed by atoms with van der Waals surface area (Å²) in [7, 11) is 3.14. The smallest absolute Gasteiger partial charge is 0.163 e. The molecule has 0 aliphatic heterocycles. The molecule has 0 atom stereocenters. The van der Waals surface area contributed by atoms with Gasteiger partial charge in [-0.25, -0.2) is 0 Å². The lowest BCUT2D eigenvalue weighted by Crippen LogP contribution is -2.02. The van der Waals surface area contributed by atoms with Crippen molar-refractivity contribution >= 4 is 28.4 Å². The third-order valence-corrected chi connectivity index (χ3v) is 2.99. The number of methoxy groups -OCH3 is 2. The minimum Gasteiger partial charge on any atom is -0.493 e. The van der Waals surface area contributed by atoms with Gasteiger partial charge in [0.05, 0.1) is 14.2 Å². The third-order valence-electron chi connectivity index (χ3n) is 2.09. The van der Waals surface area contributed by atoms with E-state index in [0.29, 0.717) is 23.5 Å². The van der Waals surface area contributed by atoms with Gasteiger partial charge in [0.15, 0.2) is 17.3 Å². The minimum absolute atomic E-state index is 0.111. The minimum atomic E-state index is 0.111. The van der Waals surface area contributed by atoms with Crippen LogP contribution >= 0.6 is 22.6 Å². The molecule has 1 aromatic rings. The SMILES string of the molecule is CCC(=O)c1cc(OC)c(OC)cc1I. The van der Waals surface area contributed by atoms with E-state index in [9.17, 15) is 4.79 Å². The molecule has 0 unspecified atom stereocenters. The number of hydrogen-bond donors (Lipinski definition) is 0. The van der Waals surface area contributed by atoms with E-state index < -0.39 is 0 Å². The Labute approximate surface area is 103 Å². The maximum Gasteiger partial charge on any atom is 0.163 e. The molecule has 4 heteroatoms. The van der Waals surface area contributed by atoms with Crippen molar-refractivity contribution in [2.45, 2.75) is 13.3 Å². The van der Waals surface area contributed by atoms with Crippen LogP contribution in [0, 0.1) is 3.57 Å². The van der Waals surface area contributed by atoms with Crippen molar-refractivity contribution in [3.8, 4) is 11.5 Å². The van der Waals surface area contributed by atoms with Crippen molar-refractivity contribution in [2.75, 3.05) is 14.2 Å². The average molecular weight is 320 g/mol. The number of carbonyl (C=O) groups excluding carboxylic acids is 1. The average Bonchev–Trinajstić information content (AvgIpc) is 2.27. The van der Waals surface area contributed by atoms with Crippen LogP contribution in [0.1, 0.15) is 23.7 Å². The molecule has 0 aromatic heterocycles. The topological polar surface area (TPSA) is 35.5 Å². The zero-order chi connectivity index (χ0) is 11.4. The summed E-state index contributed by atoms with van der Waals surface area (Å²) in [6.45, 7) is 1.84. The zero-order valence-corrected chi connectivity index (χ0v) is 11.1. The Kier molecular flexibility index (Phi) is 4.38. The molecule has 15 heavy (non-hydrogen) atoms. The molecule has 0 aliphatic carbocycles. The summed E-state index contributed by atoms with van der Waals surface area (Å²) in [4.78, 5) is 11.6. The van der Waals surface area contributed by atoms with Crippen LogP contribution in [0.25, 0.3) is 0 Å². The van der Waals surface area contributed by atoms with Gasteiger partial charge < -0.3 is 9.47 Å². The molecular formula is C11H13IO3. The molecule has 3 nitrogen and oxygen atoms in total. The summed E-state index contributed by atoms with van der Waals surface area (Å²) in [5, 5.41) is 0. The van der Waals surface area contributed by atoms with Crippen molar-refractivity contribution in [3.05, 3.63) is 21.3 Å². The highest BCUT2D eigenvalue weighted by molar-refractivity contribution is 14.1. The molecule has 0 N–H and O–H groups in total. The van der Waals surface area contributed by atoms with Gasteiger partial charge in [-0.15, -0.1) is 0 Å². The molecule has 0 saturated heterocycles. The van der Waals surface area contributed by atoms with E-state index in [-0.39, 0.29) is 5.78 Å². The number of rotatable bonds is 4. The van der Waals surface area contributed by atoms with Gasteiger partial charge in [0.2, 0.25) is 0 Å². The summed E-state index contributed by atoms with van der Waals surface area (Å²) in [5.41, 5.74) is 0.691. The number of benzene rings is 1. The Balaban J connectivity index is 3.25. The van der Waals surface area contributed by atoms with Crippen LogP contribution in [0.5, 0.6) is 11.5 Å². The van der Waals surface area contributed by atoms with Gasteiger partial charge in [0.1, 0.15) is 0 Å². The number of ketones is 1. The molecule has 0 radical (unpaired) electrons. The summed E-state index contributed by atoms with van der Waals surface area (Å²) < 4.78 is 11.2. The van der Waals surface area contributed by atoms with Crippen LogP contribution in [0.3, 0.4) is 0 Å². The molecular weight excluding hydrogens is 307 g/mol. The van der Waals surface area contributed by atoms with E-state index in [1.165, 1.54) is 0 Å². The van der Waals surface area contributed by atoms with E-state index in [2.05, 4.69) is 22.6 Å². The van der Waals surface area contributed by atoms with E-state index in [1.54, 1.807) is 20.3 Å². The first-order valence-electron chi connectivity index (χ1n) is 4.58. The number of Topliss-reactive ketones (excluding diaryl/α,β-unsaturated/α-hetero) is 1. The summed E-state index contributed by atoms with van der Waals surface area (Å²) in [5.74, 6) is 1.35. The highest BCUT2D eigenvalue weighted by Gasteiger charge is 2.13. The summed E-state index contributed by atoms with van der Waals surface area (Å²) >= 11 is 2.12. The monoisotopic (exact) mass is 320 g/mol. The Hall–Kier alpha value is -0.780. The predicted octanol–water partition coefficient (Wildman–Crippen LogP) is 2.90. The Morgan fingerprint density at radius 3 is 2.27 bits per heavy atom. The Bertz CT molecular complexity index is 374. The molecule has 0 saturated carbocycles. The van der Waals surface area contributed by atoms with E-state index >= 15 is 0 Å². The quantitative estimate of drug-likeness (QED) is 0.632. The van der Waals surface area contributed by atoms with Crippen LogP contribution < -0.4 is 9.47 Å². The summed E-state index contributed by atoms with van der Waals surface area (Å²) in [6.07, 6.45) is 0.492. The second-order valence-electron chi connectivity index (χ2n) is 2.96. The van der Waals surface area contributed by atoms with E-state index in [1.807, 2.05) is 13.0 Å². The van der Waals surface area contributed by atoms with Crippen molar-refractivity contribution in [2.24, 2.45) is 0 Å². The van der Waals surface area contributed by atoms with Crippen LogP contribution in [-0.2, 0) is 0 Å². The molecule has 0 spiro atoms. The van der Waals surface area contributed by atoms with Gasteiger partial charge in [0.25, 0.3) is 0 Å². The molecule has 0 bridgehead atoms. The largest absolute Gasteiger partial charge is 0.493 e. The zero-order valence-electron chi connectivity index (χ0n) is 8.96. The number of ether oxygens (including phenoxy) is 2. The molecule has 1 aromatic carbocycles. The normalized spacial score (nSPS) is 9.87. The molecule has 0 aliphatic rings. The molecule has 0 heterocycles. The van der Waals surface area contributed by atoms with Gasteiger partial charge in [0, 0.05) is 15.6 Å². The van der Waals surface area contributed by atoms with E-state index in [4.69, 9.17) is 9.47 Å². The van der Waals surface area contributed by atoms with Crippen molar-refractivity contribution in [3.63, 3.8) is 0 Å². The van der Waals surface area contributed by atoms with Crippen molar-refractivity contribution in [1.82, 2.24) is 0 Å². The molecule has 0 fully saturated rings. The fraction of sp³-hybridized carbons (Fsp3) is 0.364. The fourth-order valence-corrected chi connectivity index (χ4v) is 2.00. The predicted molar refractivity (Wildman–Crippen MR) is 66.9 cm³/mol. The van der Waals surface area contributed by atoms with Gasteiger partial charge in [-0.2, -0.15) is 0 Å². The van der Waals surface area contributed by atoms with Crippen LogP contribution in [0.15, 0.2) is 12.1 Å². The number of carbonyl (C=O) groups is 1. The fourth-order valence-electron chi connectivity index (χ4n) is 1.26. The van der Waals surface area contributed by atoms with Gasteiger partial charge in [-0.1, -0.05) is 6.92 Å². The van der Waals surface area contributed by atoms with Crippen molar-refractivity contribution in [1.29, 1.82) is 0 Å². The van der Waals surface area contributed by atoms with Crippen LogP contribution in [-0.4, -0.2) is 20.0 Å². The molecule has 82 valence electrons. The number of hydrogen-bond acceptors (Lipinski definition) is 3. The first-order chi connectivity index (χ1) is 7.13. The van der Waals surface area contributed by atoms with Gasteiger partial charge >= 0.3 is 0 Å². The van der Waals surface area contributed by atoms with Crippen LogP contribution in [0.4, 0.5) is 0 Å². The number of halogens is 1. The molecule has 0 amide bonds. The third kappa shape index (κ3) is 2.62. The maximum atomic E-state index is 11.6. The lowest BCUT2D eigenvalue weighted by molar-refractivity contribution is 0.0987. The van der Waals surface area contributed by atoms with Gasteiger partial charge in [-0.05, 0) is 34.7 Å². The second kappa shape index (κ2) is 5.34. The van der Waals surface area contributed by atoms with Gasteiger partial charge in [-0.3, -0.25) is 4.79 Å². The highest BCUT2D eigenvalue weighted by atomic mass is 127. The Morgan fingerprint density at radius 1 is 1.27 bits per heavy atom. The van der Waals surface area contributed by atoms with Crippen molar-refractivity contribution < 1.29 is 14.3 Å². The highest BCUT2D eigenvalue weighted by Crippen LogP contribution is 2.31.